The summed E-state index contributed by atoms with van der Waals surface area (Å²) in [7, 11) is 0. The molecule has 0 saturated carbocycles. The van der Waals surface area contributed by atoms with Crippen LogP contribution in [0.1, 0.15) is 51.9 Å². The van der Waals surface area contributed by atoms with E-state index in [0.29, 0.717) is 41.7 Å². The normalized spacial score (nSPS) is 12.3. The average molecular weight is 531 g/mol. The molecule has 0 N–H and O–H groups in total. The molecule has 0 radical (unpaired) electrons. The van der Waals surface area contributed by atoms with Gasteiger partial charge in [0.1, 0.15) is 5.82 Å². The van der Waals surface area contributed by atoms with E-state index in [9.17, 15) is 14.9 Å². The molecule has 10 heteroatoms. The van der Waals surface area contributed by atoms with Crippen molar-refractivity contribution in [1.29, 1.82) is 0 Å². The van der Waals surface area contributed by atoms with Crippen molar-refractivity contribution in [3.63, 3.8) is 0 Å². The largest absolute Gasteiger partial charge is 0.490 e. The predicted octanol–water partition coefficient (Wildman–Crippen LogP) is 5.48. The van der Waals surface area contributed by atoms with Gasteiger partial charge in [0.25, 0.3) is 5.56 Å². The van der Waals surface area contributed by atoms with Gasteiger partial charge in [-0.3, -0.25) is 14.9 Å². The van der Waals surface area contributed by atoms with Crippen molar-refractivity contribution in [3.05, 3.63) is 66.7 Å². The number of nitrogens with zero attached hydrogens (tertiary/aromatic N) is 4. The molecule has 0 aliphatic carbocycles. The maximum atomic E-state index is 13.2. The van der Waals surface area contributed by atoms with Crippen LogP contribution in [0.5, 0.6) is 11.5 Å². The predicted molar refractivity (Wildman–Crippen MR) is 135 cm³/mol. The lowest BCUT2D eigenvalue weighted by atomic mass is 10.1. The molecule has 1 heterocycles. The number of ether oxygens (including phenoxy) is 2. The summed E-state index contributed by atoms with van der Waals surface area (Å²) in [6.45, 7) is 7.84. The smallest absolute Gasteiger partial charge is 0.315 e. The first-order valence-corrected chi connectivity index (χ1v) is 12.0. The van der Waals surface area contributed by atoms with Gasteiger partial charge >= 0.3 is 5.69 Å². The van der Waals surface area contributed by atoms with Crippen LogP contribution in [0.15, 0.2) is 44.7 Å². The van der Waals surface area contributed by atoms with Crippen molar-refractivity contribution >= 4 is 38.7 Å². The van der Waals surface area contributed by atoms with E-state index < -0.39 is 4.92 Å². The van der Waals surface area contributed by atoms with Crippen LogP contribution in [-0.2, 0) is 6.42 Å². The molecule has 0 unspecified atom stereocenters. The first kappa shape index (κ1) is 25.4. The summed E-state index contributed by atoms with van der Waals surface area (Å²) in [5.41, 5.74) is 0.441. The molecule has 0 saturated heterocycles. The Morgan fingerprint density at radius 2 is 2.03 bits per heavy atom. The van der Waals surface area contributed by atoms with Crippen LogP contribution in [0, 0.1) is 10.1 Å². The second-order valence-electron chi connectivity index (χ2n) is 7.70. The van der Waals surface area contributed by atoms with E-state index in [0.717, 1.165) is 10.9 Å². The van der Waals surface area contributed by atoms with Gasteiger partial charge < -0.3 is 9.47 Å². The number of rotatable bonds is 10. The van der Waals surface area contributed by atoms with Crippen LogP contribution >= 0.6 is 15.9 Å². The van der Waals surface area contributed by atoms with Gasteiger partial charge in [-0.05, 0) is 51.0 Å². The van der Waals surface area contributed by atoms with E-state index in [1.54, 1.807) is 25.1 Å². The number of hydrogen-bond donors (Lipinski definition) is 0. The standard InChI is InChI=1S/C24H27BrN4O5/c1-5-8-22-27-19-10-9-17(25)13-18(19)24(30)28(22)26-14-16-11-20(29(31)32)23(34-15(4)6-2)21(12-16)33-7-3/h9-15H,5-8H2,1-4H3/t15-/m0/s1. The highest BCUT2D eigenvalue weighted by molar-refractivity contribution is 9.10. The van der Waals surface area contributed by atoms with Gasteiger partial charge in [0.15, 0.2) is 5.75 Å². The van der Waals surface area contributed by atoms with E-state index in [1.165, 1.54) is 17.0 Å². The monoisotopic (exact) mass is 530 g/mol. The van der Waals surface area contributed by atoms with E-state index in [1.807, 2.05) is 26.8 Å². The molecule has 0 spiro atoms. The van der Waals surface area contributed by atoms with Crippen molar-refractivity contribution in [3.8, 4) is 11.5 Å². The molecule has 0 amide bonds. The minimum atomic E-state index is -0.513. The lowest BCUT2D eigenvalue weighted by molar-refractivity contribution is -0.386. The summed E-state index contributed by atoms with van der Waals surface area (Å²) in [5, 5.41) is 16.6. The Labute approximate surface area is 205 Å². The molecule has 1 atom stereocenters. The topological polar surface area (TPSA) is 109 Å². The van der Waals surface area contributed by atoms with Crippen molar-refractivity contribution in [2.45, 2.75) is 53.1 Å². The molecular weight excluding hydrogens is 504 g/mol. The fourth-order valence-electron chi connectivity index (χ4n) is 3.31. The summed E-state index contributed by atoms with van der Waals surface area (Å²) < 4.78 is 13.5. The Bertz CT molecular complexity index is 1290. The summed E-state index contributed by atoms with van der Waals surface area (Å²) in [5.74, 6) is 0.842. The summed E-state index contributed by atoms with van der Waals surface area (Å²) in [4.78, 5) is 29.1. The third-order valence-corrected chi connectivity index (χ3v) is 5.61. The lowest BCUT2D eigenvalue weighted by Crippen LogP contribution is -2.22. The molecule has 3 aromatic rings. The minimum Gasteiger partial charge on any atom is -0.490 e. The van der Waals surface area contributed by atoms with Gasteiger partial charge in [-0.15, -0.1) is 0 Å². The molecule has 0 aliphatic rings. The van der Waals surface area contributed by atoms with Crippen LogP contribution in [0.25, 0.3) is 10.9 Å². The van der Waals surface area contributed by atoms with Crippen LogP contribution in [0.3, 0.4) is 0 Å². The number of aromatic nitrogens is 2. The fraction of sp³-hybridized carbons (Fsp3) is 0.375. The summed E-state index contributed by atoms with van der Waals surface area (Å²) in [6, 6.07) is 8.29. The Kier molecular flexibility index (Phi) is 8.38. The summed E-state index contributed by atoms with van der Waals surface area (Å²) >= 11 is 3.39. The Hall–Kier alpha value is -3.27. The third kappa shape index (κ3) is 5.61. The molecular formula is C24H27BrN4O5. The highest BCUT2D eigenvalue weighted by Gasteiger charge is 2.24. The Morgan fingerprint density at radius 1 is 1.26 bits per heavy atom. The van der Waals surface area contributed by atoms with E-state index in [4.69, 9.17) is 9.47 Å². The van der Waals surface area contributed by atoms with Crippen molar-refractivity contribution in [2.75, 3.05) is 6.61 Å². The van der Waals surface area contributed by atoms with Gasteiger partial charge in [-0.2, -0.15) is 9.78 Å². The average Bonchev–Trinajstić information content (AvgIpc) is 2.80. The molecule has 180 valence electrons. The quantitative estimate of drug-likeness (QED) is 0.195. The Balaban J connectivity index is 2.14. The van der Waals surface area contributed by atoms with Crippen LogP contribution < -0.4 is 15.0 Å². The molecule has 0 bridgehead atoms. The molecule has 34 heavy (non-hydrogen) atoms. The van der Waals surface area contributed by atoms with Crippen molar-refractivity contribution in [2.24, 2.45) is 5.10 Å². The molecule has 1 aromatic heterocycles. The van der Waals surface area contributed by atoms with Gasteiger partial charge in [-0.1, -0.05) is 29.8 Å². The zero-order valence-electron chi connectivity index (χ0n) is 19.6. The maximum absolute atomic E-state index is 13.2. The van der Waals surface area contributed by atoms with Gasteiger partial charge in [0, 0.05) is 22.5 Å². The van der Waals surface area contributed by atoms with Gasteiger partial charge in [0.05, 0.1) is 34.8 Å². The number of nitro groups is 1. The molecule has 9 nitrogen and oxygen atoms in total. The van der Waals surface area contributed by atoms with Crippen LogP contribution in [0.2, 0.25) is 0 Å². The number of nitro benzene ring substituents is 1. The number of aryl methyl sites for hydroxylation is 1. The highest BCUT2D eigenvalue weighted by Crippen LogP contribution is 2.39. The van der Waals surface area contributed by atoms with E-state index in [2.05, 4.69) is 26.0 Å². The first-order chi connectivity index (χ1) is 16.3. The Morgan fingerprint density at radius 3 is 2.68 bits per heavy atom. The maximum Gasteiger partial charge on any atom is 0.315 e. The third-order valence-electron chi connectivity index (χ3n) is 5.12. The molecule has 0 fully saturated rings. The lowest BCUT2D eigenvalue weighted by Gasteiger charge is -2.16. The van der Waals surface area contributed by atoms with Crippen LogP contribution in [-0.4, -0.2) is 33.5 Å². The fourth-order valence-corrected chi connectivity index (χ4v) is 3.67. The summed E-state index contributed by atoms with van der Waals surface area (Å²) in [6.07, 6.45) is 3.17. The number of fused-ring (bicyclic) bond motifs is 1. The number of halogens is 1. The highest BCUT2D eigenvalue weighted by atomic mass is 79.9. The second-order valence-corrected chi connectivity index (χ2v) is 8.61. The molecule has 3 rings (SSSR count). The number of hydrogen-bond acceptors (Lipinski definition) is 7. The first-order valence-electron chi connectivity index (χ1n) is 11.2. The number of benzene rings is 2. The molecule has 2 aromatic carbocycles. The van der Waals surface area contributed by atoms with E-state index in [-0.39, 0.29) is 28.8 Å². The van der Waals surface area contributed by atoms with Gasteiger partial charge in [-0.25, -0.2) is 4.98 Å². The van der Waals surface area contributed by atoms with E-state index >= 15 is 0 Å². The van der Waals surface area contributed by atoms with Gasteiger partial charge in [0.2, 0.25) is 5.75 Å². The zero-order valence-corrected chi connectivity index (χ0v) is 21.2. The second kappa shape index (κ2) is 11.2. The van der Waals surface area contributed by atoms with Crippen molar-refractivity contribution < 1.29 is 14.4 Å². The zero-order chi connectivity index (χ0) is 24.8. The molecule has 0 aliphatic heterocycles. The minimum absolute atomic E-state index is 0.0828. The SMILES string of the molecule is CCCc1nc2ccc(Br)cc2c(=O)n1N=Cc1cc(OCC)c(O[C@@H](C)CC)c([N+](=O)[O-])c1. The van der Waals surface area contributed by atoms with Crippen LogP contribution in [0.4, 0.5) is 5.69 Å². The van der Waals surface area contributed by atoms with Crippen molar-refractivity contribution in [1.82, 2.24) is 9.66 Å².